The van der Waals surface area contributed by atoms with Crippen LogP contribution in [0.2, 0.25) is 0 Å². The molecule has 16 heavy (non-hydrogen) atoms. The van der Waals surface area contributed by atoms with Gasteiger partial charge in [0.1, 0.15) is 5.82 Å². The van der Waals surface area contributed by atoms with Crippen LogP contribution in [0.1, 0.15) is 33.1 Å². The Labute approximate surface area is 97.5 Å². The van der Waals surface area contributed by atoms with E-state index in [0.717, 1.165) is 17.4 Å². The summed E-state index contributed by atoms with van der Waals surface area (Å²) in [6.07, 6.45) is 5.61. The lowest BCUT2D eigenvalue weighted by atomic mass is 9.80. The molecule has 0 amide bonds. The Morgan fingerprint density at radius 1 is 1.38 bits per heavy atom. The second kappa shape index (κ2) is 4.73. The number of aromatic nitrogens is 1. The van der Waals surface area contributed by atoms with Gasteiger partial charge in [0.15, 0.2) is 0 Å². The van der Waals surface area contributed by atoms with Crippen LogP contribution in [0.5, 0.6) is 0 Å². The van der Waals surface area contributed by atoms with Crippen LogP contribution < -0.4 is 11.1 Å². The van der Waals surface area contributed by atoms with Crippen molar-refractivity contribution in [1.82, 2.24) is 4.98 Å². The number of nitrogen functional groups attached to an aromatic ring is 1. The smallest absolute Gasteiger partial charge is 0.128 e. The van der Waals surface area contributed by atoms with E-state index in [4.69, 9.17) is 5.73 Å². The molecular formula is C13H21N3. The topological polar surface area (TPSA) is 50.9 Å². The molecule has 3 heteroatoms. The number of nitrogens with two attached hydrogens (primary N) is 1. The second-order valence-electron chi connectivity index (χ2n) is 5.12. The van der Waals surface area contributed by atoms with Gasteiger partial charge in [-0.05, 0) is 37.2 Å². The minimum Gasteiger partial charge on any atom is -0.399 e. The number of hydrogen-bond acceptors (Lipinski definition) is 3. The van der Waals surface area contributed by atoms with Gasteiger partial charge in [-0.15, -0.1) is 0 Å². The molecule has 0 aromatic carbocycles. The van der Waals surface area contributed by atoms with Crippen molar-refractivity contribution in [3.63, 3.8) is 0 Å². The Bertz CT molecular complexity index is 351. The van der Waals surface area contributed by atoms with E-state index in [9.17, 15) is 0 Å². The van der Waals surface area contributed by atoms with E-state index in [0.29, 0.717) is 12.0 Å². The number of nitrogens with zero attached hydrogens (tertiary/aromatic N) is 1. The standard InChI is InChI=1S/C13H21N3/c1-9-3-4-12(10(2)7-9)16-13-8-11(14)5-6-15-13/h5-6,8-10,12H,3-4,7H2,1-2H3,(H3,14,15,16). The zero-order valence-corrected chi connectivity index (χ0v) is 10.1. The predicted molar refractivity (Wildman–Crippen MR) is 68.2 cm³/mol. The van der Waals surface area contributed by atoms with Gasteiger partial charge in [-0.2, -0.15) is 0 Å². The lowest BCUT2D eigenvalue weighted by Crippen LogP contribution is -2.33. The van der Waals surface area contributed by atoms with E-state index in [2.05, 4.69) is 24.1 Å². The molecule has 2 rings (SSSR count). The van der Waals surface area contributed by atoms with Crippen molar-refractivity contribution in [2.24, 2.45) is 11.8 Å². The fourth-order valence-corrected chi connectivity index (χ4v) is 2.60. The van der Waals surface area contributed by atoms with Crippen molar-refractivity contribution < 1.29 is 0 Å². The molecule has 3 nitrogen and oxygen atoms in total. The summed E-state index contributed by atoms with van der Waals surface area (Å²) in [5.41, 5.74) is 6.51. The zero-order valence-electron chi connectivity index (χ0n) is 10.1. The summed E-state index contributed by atoms with van der Waals surface area (Å²) >= 11 is 0. The minimum atomic E-state index is 0.547. The SMILES string of the molecule is CC1CCC(Nc2cc(N)ccn2)C(C)C1. The van der Waals surface area contributed by atoms with Crippen molar-refractivity contribution in [2.75, 3.05) is 11.1 Å². The van der Waals surface area contributed by atoms with Crippen LogP contribution in [0.4, 0.5) is 11.5 Å². The molecule has 1 aliphatic rings. The molecule has 3 N–H and O–H groups in total. The van der Waals surface area contributed by atoms with Gasteiger partial charge >= 0.3 is 0 Å². The largest absolute Gasteiger partial charge is 0.399 e. The molecule has 3 unspecified atom stereocenters. The summed E-state index contributed by atoms with van der Waals surface area (Å²) in [6.45, 7) is 4.66. The van der Waals surface area contributed by atoms with Crippen molar-refractivity contribution in [2.45, 2.75) is 39.2 Å². The fourth-order valence-electron chi connectivity index (χ4n) is 2.60. The van der Waals surface area contributed by atoms with Crippen LogP contribution in [0.25, 0.3) is 0 Å². The number of nitrogens with one attached hydrogen (secondary N) is 1. The molecule has 3 atom stereocenters. The summed E-state index contributed by atoms with van der Waals surface area (Å²) in [4.78, 5) is 4.30. The molecule has 88 valence electrons. The predicted octanol–water partition coefficient (Wildman–Crippen LogP) is 2.90. The van der Waals surface area contributed by atoms with Gasteiger partial charge in [0, 0.05) is 24.0 Å². The first-order valence-corrected chi connectivity index (χ1v) is 6.13. The summed E-state index contributed by atoms with van der Waals surface area (Å²) in [5.74, 6) is 2.49. The Hall–Kier alpha value is -1.25. The van der Waals surface area contributed by atoms with Crippen LogP contribution in [-0.4, -0.2) is 11.0 Å². The third kappa shape index (κ3) is 2.65. The first-order valence-electron chi connectivity index (χ1n) is 6.13. The molecule has 0 aliphatic heterocycles. The van der Waals surface area contributed by atoms with E-state index in [1.807, 2.05) is 12.1 Å². The quantitative estimate of drug-likeness (QED) is 0.804. The van der Waals surface area contributed by atoms with Crippen molar-refractivity contribution in [3.8, 4) is 0 Å². The van der Waals surface area contributed by atoms with Crippen LogP contribution >= 0.6 is 0 Å². The molecule has 0 saturated heterocycles. The van der Waals surface area contributed by atoms with E-state index in [-0.39, 0.29) is 0 Å². The highest BCUT2D eigenvalue weighted by Gasteiger charge is 2.25. The highest BCUT2D eigenvalue weighted by Crippen LogP contribution is 2.30. The fraction of sp³-hybridized carbons (Fsp3) is 0.615. The third-order valence-corrected chi connectivity index (χ3v) is 3.55. The maximum Gasteiger partial charge on any atom is 0.128 e. The van der Waals surface area contributed by atoms with Crippen LogP contribution in [0.15, 0.2) is 18.3 Å². The number of hydrogen-bond donors (Lipinski definition) is 2. The molecule has 1 fully saturated rings. The van der Waals surface area contributed by atoms with E-state index in [1.165, 1.54) is 19.3 Å². The van der Waals surface area contributed by atoms with Gasteiger partial charge < -0.3 is 11.1 Å². The number of rotatable bonds is 2. The van der Waals surface area contributed by atoms with Gasteiger partial charge in [0.2, 0.25) is 0 Å². The van der Waals surface area contributed by atoms with Gasteiger partial charge in [0.25, 0.3) is 0 Å². The van der Waals surface area contributed by atoms with Crippen LogP contribution in [-0.2, 0) is 0 Å². The summed E-state index contributed by atoms with van der Waals surface area (Å²) in [5, 5.41) is 3.50. The molecule has 1 aliphatic carbocycles. The van der Waals surface area contributed by atoms with Crippen LogP contribution in [0.3, 0.4) is 0 Å². The molecule has 1 aromatic heterocycles. The maximum absolute atomic E-state index is 5.74. The lowest BCUT2D eigenvalue weighted by molar-refractivity contribution is 0.276. The Morgan fingerprint density at radius 3 is 2.88 bits per heavy atom. The molecule has 0 bridgehead atoms. The van der Waals surface area contributed by atoms with Crippen molar-refractivity contribution in [3.05, 3.63) is 18.3 Å². The zero-order chi connectivity index (χ0) is 11.5. The normalized spacial score (nSPS) is 30.0. The van der Waals surface area contributed by atoms with E-state index < -0.39 is 0 Å². The molecule has 1 aromatic rings. The third-order valence-electron chi connectivity index (χ3n) is 3.55. The molecule has 0 radical (unpaired) electrons. The lowest BCUT2D eigenvalue weighted by Gasteiger charge is -2.33. The van der Waals surface area contributed by atoms with Gasteiger partial charge in [-0.3, -0.25) is 0 Å². The highest BCUT2D eigenvalue weighted by atomic mass is 15.0. The first kappa shape index (κ1) is 11.2. The van der Waals surface area contributed by atoms with Gasteiger partial charge in [-0.1, -0.05) is 13.8 Å². The van der Waals surface area contributed by atoms with E-state index >= 15 is 0 Å². The number of pyridine rings is 1. The van der Waals surface area contributed by atoms with Crippen molar-refractivity contribution >= 4 is 11.5 Å². The molecular weight excluding hydrogens is 198 g/mol. The monoisotopic (exact) mass is 219 g/mol. The molecule has 1 heterocycles. The van der Waals surface area contributed by atoms with Gasteiger partial charge in [0.05, 0.1) is 0 Å². The van der Waals surface area contributed by atoms with Crippen LogP contribution in [0, 0.1) is 11.8 Å². The average molecular weight is 219 g/mol. The molecule has 0 spiro atoms. The second-order valence-corrected chi connectivity index (χ2v) is 5.12. The Balaban J connectivity index is 1.99. The Kier molecular flexibility index (Phi) is 3.32. The first-order chi connectivity index (χ1) is 7.65. The summed E-state index contributed by atoms with van der Waals surface area (Å²) in [6, 6.07) is 4.27. The average Bonchev–Trinajstić information content (AvgIpc) is 2.22. The van der Waals surface area contributed by atoms with E-state index in [1.54, 1.807) is 6.20 Å². The summed E-state index contributed by atoms with van der Waals surface area (Å²) in [7, 11) is 0. The molecule has 1 saturated carbocycles. The van der Waals surface area contributed by atoms with Gasteiger partial charge in [-0.25, -0.2) is 4.98 Å². The summed E-state index contributed by atoms with van der Waals surface area (Å²) < 4.78 is 0. The highest BCUT2D eigenvalue weighted by molar-refractivity contribution is 5.48. The minimum absolute atomic E-state index is 0.547. The number of anilines is 2. The van der Waals surface area contributed by atoms with Crippen molar-refractivity contribution in [1.29, 1.82) is 0 Å². The Morgan fingerprint density at radius 2 is 2.19 bits per heavy atom. The maximum atomic E-state index is 5.74.